The van der Waals surface area contributed by atoms with E-state index in [1.54, 1.807) is 0 Å². The minimum absolute atomic E-state index is 0.0192. The first-order valence-electron chi connectivity index (χ1n) is 7.58. The zero-order valence-electron chi connectivity index (χ0n) is 13.5. The third kappa shape index (κ3) is 4.41. The van der Waals surface area contributed by atoms with Crippen LogP contribution in [-0.4, -0.2) is 12.7 Å². The van der Waals surface area contributed by atoms with Crippen LogP contribution in [0.25, 0.3) is 0 Å². The molecule has 0 aliphatic rings. The molecule has 0 atom stereocenters. The quantitative estimate of drug-likeness (QED) is 0.328. The lowest BCUT2D eigenvalue weighted by molar-refractivity contribution is 0.214. The lowest BCUT2D eigenvalue weighted by Crippen LogP contribution is -2.20. The number of anilines is 1. The van der Waals surface area contributed by atoms with E-state index in [0.29, 0.717) is 12.4 Å². The van der Waals surface area contributed by atoms with Crippen molar-refractivity contribution in [3.8, 4) is 11.5 Å². The van der Waals surface area contributed by atoms with E-state index >= 15 is 0 Å². The molecule has 0 radical (unpaired) electrons. The van der Waals surface area contributed by atoms with E-state index < -0.39 is 40.9 Å². The molecule has 140 valence electrons. The molecule has 2 aromatic carbocycles. The summed E-state index contributed by atoms with van der Waals surface area (Å²) < 4.78 is 76.2. The number of nitrogens with one attached hydrogen (secondary N) is 1. The standard InChI is InChI=1S/C17H14F5NO3/c1-2-3-8-25-9-4-6-10(7-5-9)26-17(24)23-16-14(21)12(19)11(18)13(20)15(16)22/h4-7H,2-3,8H2,1H3,(H,23,24). The average molecular weight is 375 g/mol. The van der Waals surface area contributed by atoms with Gasteiger partial charge in [0.2, 0.25) is 5.82 Å². The number of benzene rings is 2. The Morgan fingerprint density at radius 1 is 0.885 bits per heavy atom. The second-order valence-electron chi connectivity index (χ2n) is 5.13. The zero-order valence-corrected chi connectivity index (χ0v) is 13.5. The second-order valence-corrected chi connectivity index (χ2v) is 5.13. The predicted molar refractivity (Wildman–Crippen MR) is 82.7 cm³/mol. The summed E-state index contributed by atoms with van der Waals surface area (Å²) in [5, 5.41) is 1.50. The highest BCUT2D eigenvalue weighted by Crippen LogP contribution is 2.27. The van der Waals surface area contributed by atoms with E-state index in [0.717, 1.165) is 12.8 Å². The molecule has 0 saturated heterocycles. The lowest BCUT2D eigenvalue weighted by Gasteiger charge is -2.10. The maximum absolute atomic E-state index is 13.5. The number of amides is 1. The van der Waals surface area contributed by atoms with Crippen LogP contribution >= 0.6 is 0 Å². The molecule has 4 nitrogen and oxygen atoms in total. The van der Waals surface area contributed by atoms with Crippen molar-refractivity contribution in [2.24, 2.45) is 0 Å². The molecule has 0 saturated carbocycles. The molecule has 0 fully saturated rings. The molecule has 2 rings (SSSR count). The molecule has 0 unspecified atom stereocenters. The number of hydrogen-bond donors (Lipinski definition) is 1. The van der Waals surface area contributed by atoms with Gasteiger partial charge in [-0.2, -0.15) is 0 Å². The fourth-order valence-corrected chi connectivity index (χ4v) is 1.89. The Hall–Kier alpha value is -2.84. The molecular weight excluding hydrogens is 361 g/mol. The summed E-state index contributed by atoms with van der Waals surface area (Å²) >= 11 is 0. The predicted octanol–water partition coefficient (Wildman–Crippen LogP) is 5.17. The normalized spacial score (nSPS) is 10.5. The van der Waals surface area contributed by atoms with Crippen LogP contribution in [0.4, 0.5) is 32.4 Å². The van der Waals surface area contributed by atoms with Crippen LogP contribution in [0.1, 0.15) is 19.8 Å². The van der Waals surface area contributed by atoms with Crippen molar-refractivity contribution >= 4 is 11.8 Å². The van der Waals surface area contributed by atoms with Gasteiger partial charge in [-0.05, 0) is 30.7 Å². The van der Waals surface area contributed by atoms with E-state index in [1.807, 2.05) is 6.92 Å². The second kappa shape index (κ2) is 8.50. The summed E-state index contributed by atoms with van der Waals surface area (Å²) in [5.41, 5.74) is -1.49. The summed E-state index contributed by atoms with van der Waals surface area (Å²) in [7, 11) is 0. The number of unbranched alkanes of at least 4 members (excludes halogenated alkanes) is 1. The summed E-state index contributed by atoms with van der Waals surface area (Å²) in [5.74, 6) is -10.5. The molecule has 0 heterocycles. The summed E-state index contributed by atoms with van der Waals surface area (Å²) in [6.07, 6.45) is 0.398. The van der Waals surface area contributed by atoms with Crippen LogP contribution < -0.4 is 14.8 Å². The van der Waals surface area contributed by atoms with Crippen molar-refractivity contribution in [1.82, 2.24) is 0 Å². The Morgan fingerprint density at radius 3 is 1.92 bits per heavy atom. The van der Waals surface area contributed by atoms with Gasteiger partial charge in [0.25, 0.3) is 0 Å². The van der Waals surface area contributed by atoms with Gasteiger partial charge in [-0.1, -0.05) is 13.3 Å². The Balaban J connectivity index is 2.05. The number of halogens is 5. The van der Waals surface area contributed by atoms with Gasteiger partial charge in [-0.25, -0.2) is 26.7 Å². The zero-order chi connectivity index (χ0) is 19.3. The molecule has 9 heteroatoms. The maximum Gasteiger partial charge on any atom is 0.417 e. The molecule has 1 amide bonds. The minimum Gasteiger partial charge on any atom is -0.494 e. The van der Waals surface area contributed by atoms with Crippen molar-refractivity contribution in [3.05, 3.63) is 53.4 Å². The monoisotopic (exact) mass is 375 g/mol. The fourth-order valence-electron chi connectivity index (χ4n) is 1.89. The van der Waals surface area contributed by atoms with Gasteiger partial charge < -0.3 is 9.47 Å². The number of hydrogen-bond acceptors (Lipinski definition) is 3. The van der Waals surface area contributed by atoms with E-state index in [4.69, 9.17) is 9.47 Å². The number of carbonyl (C=O) groups excluding carboxylic acids is 1. The van der Waals surface area contributed by atoms with Crippen LogP contribution in [0.15, 0.2) is 24.3 Å². The average Bonchev–Trinajstić information content (AvgIpc) is 2.63. The fraction of sp³-hybridized carbons (Fsp3) is 0.235. The smallest absolute Gasteiger partial charge is 0.417 e. The summed E-state index contributed by atoms with van der Waals surface area (Å²) in [4.78, 5) is 11.7. The highest BCUT2D eigenvalue weighted by atomic mass is 19.2. The Bertz CT molecular complexity index is 767. The Morgan fingerprint density at radius 2 is 1.38 bits per heavy atom. The van der Waals surface area contributed by atoms with Crippen molar-refractivity contribution in [2.45, 2.75) is 19.8 Å². The van der Waals surface area contributed by atoms with Crippen LogP contribution in [-0.2, 0) is 0 Å². The summed E-state index contributed by atoms with van der Waals surface area (Å²) in [6.45, 7) is 2.51. The van der Waals surface area contributed by atoms with Gasteiger partial charge in [0.05, 0.1) is 6.61 Å². The molecule has 1 N–H and O–H groups in total. The highest BCUT2D eigenvalue weighted by molar-refractivity contribution is 5.86. The SMILES string of the molecule is CCCCOc1ccc(OC(=O)Nc2c(F)c(F)c(F)c(F)c2F)cc1. The van der Waals surface area contributed by atoms with Crippen molar-refractivity contribution in [3.63, 3.8) is 0 Å². The van der Waals surface area contributed by atoms with Gasteiger partial charge in [-0.3, -0.25) is 5.32 Å². The maximum atomic E-state index is 13.5. The van der Waals surface area contributed by atoms with Crippen molar-refractivity contribution < 1.29 is 36.2 Å². The number of carbonyl (C=O) groups is 1. The molecule has 0 bridgehead atoms. The third-order valence-corrected chi connectivity index (χ3v) is 3.24. The van der Waals surface area contributed by atoms with E-state index in [9.17, 15) is 26.7 Å². The van der Waals surface area contributed by atoms with Crippen LogP contribution in [0.3, 0.4) is 0 Å². The molecule has 2 aromatic rings. The Labute approximate surface area is 145 Å². The first-order valence-corrected chi connectivity index (χ1v) is 7.58. The van der Waals surface area contributed by atoms with Gasteiger partial charge in [-0.15, -0.1) is 0 Å². The van der Waals surface area contributed by atoms with Gasteiger partial charge >= 0.3 is 6.09 Å². The number of ether oxygens (including phenoxy) is 2. The molecule has 0 spiro atoms. The first-order chi connectivity index (χ1) is 12.3. The van der Waals surface area contributed by atoms with Crippen LogP contribution in [0.2, 0.25) is 0 Å². The van der Waals surface area contributed by atoms with Gasteiger partial charge in [0.1, 0.15) is 17.2 Å². The van der Waals surface area contributed by atoms with Crippen LogP contribution in [0, 0.1) is 29.1 Å². The highest BCUT2D eigenvalue weighted by Gasteiger charge is 2.27. The van der Waals surface area contributed by atoms with E-state index in [-0.39, 0.29) is 5.75 Å². The van der Waals surface area contributed by atoms with Crippen molar-refractivity contribution in [2.75, 3.05) is 11.9 Å². The lowest BCUT2D eigenvalue weighted by atomic mass is 10.2. The van der Waals surface area contributed by atoms with Gasteiger partial charge in [0, 0.05) is 0 Å². The largest absolute Gasteiger partial charge is 0.494 e. The van der Waals surface area contributed by atoms with Crippen molar-refractivity contribution in [1.29, 1.82) is 0 Å². The molecule has 0 aromatic heterocycles. The van der Waals surface area contributed by atoms with Crippen LogP contribution in [0.5, 0.6) is 11.5 Å². The molecule has 0 aliphatic carbocycles. The van der Waals surface area contributed by atoms with E-state index in [2.05, 4.69) is 0 Å². The third-order valence-electron chi connectivity index (χ3n) is 3.24. The van der Waals surface area contributed by atoms with Gasteiger partial charge in [0.15, 0.2) is 23.3 Å². The topological polar surface area (TPSA) is 47.6 Å². The summed E-state index contributed by atoms with van der Waals surface area (Å²) in [6, 6.07) is 5.69. The van der Waals surface area contributed by atoms with E-state index in [1.165, 1.54) is 29.6 Å². The number of rotatable bonds is 6. The first kappa shape index (κ1) is 19.5. The minimum atomic E-state index is -2.32. The molecule has 26 heavy (non-hydrogen) atoms. The Kier molecular flexibility index (Phi) is 6.37. The molecular formula is C17H14F5NO3. The molecule has 0 aliphatic heterocycles.